The maximum atomic E-state index is 9.64. The summed E-state index contributed by atoms with van der Waals surface area (Å²) in [6.07, 6.45) is 1.60. The first-order valence-corrected chi connectivity index (χ1v) is 10.4. The fraction of sp³-hybridized carbons (Fsp3) is 0.333. The highest BCUT2D eigenvalue weighted by atomic mass is 35.5. The highest BCUT2D eigenvalue weighted by molar-refractivity contribution is 7.98. The van der Waals surface area contributed by atoms with Gasteiger partial charge in [-0.15, -0.1) is 11.8 Å². The fourth-order valence-corrected chi connectivity index (χ4v) is 4.18. The largest absolute Gasteiger partial charge is 0.481 e. The summed E-state index contributed by atoms with van der Waals surface area (Å²) in [5.41, 5.74) is 4.25. The maximum Gasteiger partial charge on any atom is 0.303 e. The predicted octanol–water partition coefficient (Wildman–Crippen LogP) is 4.26. The summed E-state index contributed by atoms with van der Waals surface area (Å²) in [4.78, 5) is 20.6. The average molecular weight is 422 g/mol. The molecule has 3 N–H and O–H groups in total. The minimum absolute atomic E-state index is 0.296. The minimum Gasteiger partial charge on any atom is -0.481 e. The van der Waals surface area contributed by atoms with Crippen molar-refractivity contribution in [1.29, 1.82) is 0 Å². The van der Waals surface area contributed by atoms with Crippen LogP contribution in [0.2, 0.25) is 5.02 Å². The van der Waals surface area contributed by atoms with Gasteiger partial charge < -0.3 is 15.5 Å². The maximum absolute atomic E-state index is 9.64. The van der Waals surface area contributed by atoms with Crippen molar-refractivity contribution in [3.8, 4) is 0 Å². The number of hydrogen-bond acceptors (Lipinski definition) is 4. The summed E-state index contributed by atoms with van der Waals surface area (Å²) in [6, 6.07) is 14.8. The average Bonchev–Trinajstić information content (AvgIpc) is 2.92. The Bertz CT molecular complexity index is 784. The van der Waals surface area contributed by atoms with Crippen molar-refractivity contribution in [2.75, 3.05) is 13.1 Å². The van der Waals surface area contributed by atoms with Crippen LogP contribution in [0.15, 0.2) is 47.4 Å². The molecular weight excluding hydrogens is 398 g/mol. The molecule has 28 heavy (non-hydrogen) atoms. The molecule has 5 nitrogen and oxygen atoms in total. The van der Waals surface area contributed by atoms with Crippen LogP contribution in [0.25, 0.3) is 0 Å². The summed E-state index contributed by atoms with van der Waals surface area (Å²) < 4.78 is 0. The number of halogens is 1. The zero-order valence-electron chi connectivity index (χ0n) is 15.5. The zero-order chi connectivity index (χ0) is 20.4. The number of benzene rings is 2. The Hall–Kier alpha value is -2.02. The van der Waals surface area contributed by atoms with Gasteiger partial charge in [0.05, 0.1) is 12.8 Å². The Morgan fingerprint density at radius 1 is 0.964 bits per heavy atom. The lowest BCUT2D eigenvalue weighted by molar-refractivity contribution is -0.143. The summed E-state index contributed by atoms with van der Waals surface area (Å²) in [5, 5.41) is 20.2. The monoisotopic (exact) mass is 421 g/mol. The number of carbonyl (C=O) groups is 2. The standard InChI is InChI=1S/C17H18ClNS.C4H6O4/c18-17-7-6-13-8-10-19-11-9-15(13)16(17)12-20-14-4-2-1-3-5-14;5-3(6)1-2-4(7)8/h1-7,19H,8-12H2;1-2H2,(H,5,6)(H,7,8). The Kier molecular flexibility index (Phi) is 9.34. The molecule has 0 unspecified atom stereocenters. The molecule has 1 aliphatic rings. The first-order chi connectivity index (χ1) is 13.5. The van der Waals surface area contributed by atoms with Crippen molar-refractivity contribution in [1.82, 2.24) is 5.32 Å². The van der Waals surface area contributed by atoms with E-state index in [9.17, 15) is 9.59 Å². The summed E-state index contributed by atoms with van der Waals surface area (Å²) in [6.45, 7) is 2.12. The van der Waals surface area contributed by atoms with Crippen LogP contribution in [0.5, 0.6) is 0 Å². The van der Waals surface area contributed by atoms with Gasteiger partial charge in [0.1, 0.15) is 0 Å². The van der Waals surface area contributed by atoms with Crippen LogP contribution in [0.3, 0.4) is 0 Å². The lowest BCUT2D eigenvalue weighted by Gasteiger charge is -2.14. The van der Waals surface area contributed by atoms with Gasteiger partial charge in [0.25, 0.3) is 0 Å². The second-order valence-corrected chi connectivity index (χ2v) is 7.76. The molecule has 150 valence electrons. The quantitative estimate of drug-likeness (QED) is 0.604. The van der Waals surface area contributed by atoms with Gasteiger partial charge in [0.15, 0.2) is 0 Å². The van der Waals surface area contributed by atoms with E-state index >= 15 is 0 Å². The van der Waals surface area contributed by atoms with E-state index < -0.39 is 11.9 Å². The Morgan fingerprint density at radius 3 is 2.25 bits per heavy atom. The molecule has 3 rings (SSSR count). The van der Waals surface area contributed by atoms with E-state index in [1.165, 1.54) is 21.6 Å². The van der Waals surface area contributed by atoms with Gasteiger partial charge >= 0.3 is 11.9 Å². The number of hydrogen-bond donors (Lipinski definition) is 3. The van der Waals surface area contributed by atoms with Crippen LogP contribution in [0.1, 0.15) is 29.5 Å². The van der Waals surface area contributed by atoms with Crippen LogP contribution in [-0.2, 0) is 28.2 Å². The van der Waals surface area contributed by atoms with Crippen LogP contribution in [-0.4, -0.2) is 35.2 Å². The third-order valence-corrected chi connectivity index (χ3v) is 5.67. The third kappa shape index (κ3) is 7.54. The number of rotatable bonds is 6. The predicted molar refractivity (Wildman–Crippen MR) is 112 cm³/mol. The second kappa shape index (κ2) is 11.7. The molecule has 2 aromatic carbocycles. The molecule has 7 heteroatoms. The molecule has 0 radical (unpaired) electrons. The minimum atomic E-state index is -1.08. The van der Waals surface area contributed by atoms with Crippen molar-refractivity contribution in [3.63, 3.8) is 0 Å². The topological polar surface area (TPSA) is 86.6 Å². The molecule has 1 heterocycles. The van der Waals surface area contributed by atoms with Gasteiger partial charge in [-0.2, -0.15) is 0 Å². The molecule has 0 amide bonds. The Morgan fingerprint density at radius 2 is 1.61 bits per heavy atom. The number of nitrogens with one attached hydrogen (secondary N) is 1. The van der Waals surface area contributed by atoms with Crippen molar-refractivity contribution >= 4 is 35.3 Å². The zero-order valence-corrected chi connectivity index (χ0v) is 17.1. The lowest BCUT2D eigenvalue weighted by Crippen LogP contribution is -2.16. The van der Waals surface area contributed by atoms with Gasteiger partial charge in [-0.25, -0.2) is 0 Å². The van der Waals surface area contributed by atoms with Gasteiger partial charge in [0, 0.05) is 15.7 Å². The van der Waals surface area contributed by atoms with Gasteiger partial charge in [-0.1, -0.05) is 35.9 Å². The normalized spacial score (nSPS) is 12.9. The Labute approximate surface area is 174 Å². The molecule has 1 aliphatic heterocycles. The molecule has 0 spiro atoms. The molecule has 0 bridgehead atoms. The molecular formula is C21H24ClNO4S. The summed E-state index contributed by atoms with van der Waals surface area (Å²) in [5.74, 6) is -1.20. The van der Waals surface area contributed by atoms with Gasteiger partial charge in [-0.3, -0.25) is 9.59 Å². The molecule has 0 atom stereocenters. The highest BCUT2D eigenvalue weighted by Gasteiger charge is 2.14. The van der Waals surface area contributed by atoms with Crippen molar-refractivity contribution in [2.24, 2.45) is 0 Å². The SMILES string of the molecule is Clc1ccc2c(c1CSc1ccccc1)CCNCC2.O=C(O)CCC(=O)O. The van der Waals surface area contributed by atoms with E-state index in [0.29, 0.717) is 0 Å². The van der Waals surface area contributed by atoms with Crippen LogP contribution >= 0.6 is 23.4 Å². The van der Waals surface area contributed by atoms with E-state index in [-0.39, 0.29) is 12.8 Å². The number of thioether (sulfide) groups is 1. The molecule has 0 aromatic heterocycles. The smallest absolute Gasteiger partial charge is 0.303 e. The Balaban J connectivity index is 0.000000300. The summed E-state index contributed by atoms with van der Waals surface area (Å²) in [7, 11) is 0. The third-order valence-electron chi connectivity index (χ3n) is 4.27. The number of carboxylic acid groups (broad SMARTS) is 2. The number of carboxylic acids is 2. The van der Waals surface area contributed by atoms with Crippen LogP contribution in [0.4, 0.5) is 0 Å². The molecule has 0 aliphatic carbocycles. The lowest BCUT2D eigenvalue weighted by atomic mass is 9.98. The van der Waals surface area contributed by atoms with Gasteiger partial charge in [0.2, 0.25) is 0 Å². The van der Waals surface area contributed by atoms with Crippen molar-refractivity contribution in [3.05, 3.63) is 64.2 Å². The molecule has 0 saturated carbocycles. The second-order valence-electron chi connectivity index (χ2n) is 6.30. The highest BCUT2D eigenvalue weighted by Crippen LogP contribution is 2.31. The van der Waals surface area contributed by atoms with E-state index in [4.69, 9.17) is 21.8 Å². The van der Waals surface area contributed by atoms with Crippen molar-refractivity contribution < 1.29 is 19.8 Å². The van der Waals surface area contributed by atoms with E-state index in [1.807, 2.05) is 11.8 Å². The first-order valence-electron chi connectivity index (χ1n) is 9.08. The van der Waals surface area contributed by atoms with Crippen LogP contribution < -0.4 is 5.32 Å². The van der Waals surface area contributed by atoms with Crippen LogP contribution in [0, 0.1) is 0 Å². The van der Waals surface area contributed by atoms with E-state index in [1.54, 1.807) is 0 Å². The van der Waals surface area contributed by atoms with Crippen molar-refractivity contribution in [2.45, 2.75) is 36.3 Å². The van der Waals surface area contributed by atoms with E-state index in [0.717, 1.165) is 36.7 Å². The first kappa shape index (κ1) is 22.3. The van der Waals surface area contributed by atoms with Gasteiger partial charge in [-0.05, 0) is 60.8 Å². The van der Waals surface area contributed by atoms with E-state index in [2.05, 4.69) is 47.8 Å². The molecule has 0 fully saturated rings. The number of aliphatic carboxylic acids is 2. The number of fused-ring (bicyclic) bond motifs is 1. The summed E-state index contributed by atoms with van der Waals surface area (Å²) >= 11 is 8.31. The molecule has 0 saturated heterocycles. The fourth-order valence-electron chi connectivity index (χ4n) is 2.86. The molecule has 2 aromatic rings.